The van der Waals surface area contributed by atoms with Crippen LogP contribution in [0.3, 0.4) is 0 Å². The van der Waals surface area contributed by atoms with Gasteiger partial charge < -0.3 is 19.5 Å². The number of fused-ring (bicyclic) bond motifs is 1. The number of methoxy groups -OCH3 is 1. The molecule has 2 aromatic carbocycles. The van der Waals surface area contributed by atoms with Gasteiger partial charge in [-0.15, -0.1) is 11.3 Å². The maximum atomic E-state index is 13.5. The van der Waals surface area contributed by atoms with E-state index in [9.17, 15) is 13.2 Å². The van der Waals surface area contributed by atoms with E-state index in [4.69, 9.17) is 14.2 Å². The maximum absolute atomic E-state index is 13.5. The Labute approximate surface area is 190 Å². The van der Waals surface area contributed by atoms with Crippen molar-refractivity contribution < 1.29 is 27.4 Å². The van der Waals surface area contributed by atoms with Gasteiger partial charge in [-0.3, -0.25) is 4.79 Å². The van der Waals surface area contributed by atoms with Gasteiger partial charge in [-0.1, -0.05) is 18.2 Å². The van der Waals surface area contributed by atoms with E-state index in [1.807, 2.05) is 0 Å². The van der Waals surface area contributed by atoms with Gasteiger partial charge >= 0.3 is 0 Å². The van der Waals surface area contributed by atoms with Crippen LogP contribution in [0.4, 0.5) is 11.4 Å². The highest BCUT2D eigenvalue weighted by Gasteiger charge is 2.35. The van der Waals surface area contributed by atoms with Crippen LogP contribution in [0.1, 0.15) is 6.92 Å². The molecule has 4 rings (SSSR count). The number of hydrogen-bond acceptors (Lipinski definition) is 7. The normalized spacial score (nSPS) is 13.8. The highest BCUT2D eigenvalue weighted by Crippen LogP contribution is 2.36. The number of thiophene rings is 1. The number of sulfonamides is 1. The predicted molar refractivity (Wildman–Crippen MR) is 123 cm³/mol. The molecule has 32 heavy (non-hydrogen) atoms. The molecular formula is C22H22N2O6S2. The molecule has 1 amide bonds. The zero-order valence-electron chi connectivity index (χ0n) is 17.5. The van der Waals surface area contributed by atoms with Gasteiger partial charge in [0.2, 0.25) is 5.91 Å². The van der Waals surface area contributed by atoms with Crippen molar-refractivity contribution >= 4 is 38.6 Å². The van der Waals surface area contributed by atoms with Crippen LogP contribution in [0.25, 0.3) is 0 Å². The second-order valence-electron chi connectivity index (χ2n) is 6.93. The summed E-state index contributed by atoms with van der Waals surface area (Å²) in [7, 11) is -2.57. The molecule has 1 aromatic heterocycles. The Hall–Kier alpha value is -3.24. The summed E-state index contributed by atoms with van der Waals surface area (Å²) in [5, 5.41) is 4.45. The number of nitrogens with zero attached hydrogens (tertiary/aromatic N) is 1. The van der Waals surface area contributed by atoms with Gasteiger partial charge in [0.1, 0.15) is 29.2 Å². The molecule has 1 aliphatic heterocycles. The molecule has 0 saturated carbocycles. The first kappa shape index (κ1) is 22.0. The summed E-state index contributed by atoms with van der Waals surface area (Å²) >= 11 is 1.08. The fourth-order valence-corrected chi connectivity index (χ4v) is 6.05. The van der Waals surface area contributed by atoms with Crippen molar-refractivity contribution in [2.75, 3.05) is 29.9 Å². The van der Waals surface area contributed by atoms with Crippen molar-refractivity contribution in [1.29, 1.82) is 0 Å². The van der Waals surface area contributed by atoms with Crippen LogP contribution in [-0.4, -0.2) is 40.7 Å². The fraction of sp³-hybridized carbons (Fsp3) is 0.227. The topological polar surface area (TPSA) is 94.2 Å². The molecule has 10 heteroatoms. The minimum absolute atomic E-state index is 0.127. The summed E-state index contributed by atoms with van der Waals surface area (Å²) in [5.41, 5.74) is 0.743. The molecule has 8 nitrogen and oxygen atoms in total. The van der Waals surface area contributed by atoms with Crippen molar-refractivity contribution in [2.45, 2.75) is 17.2 Å². The molecule has 2 heterocycles. The average molecular weight is 475 g/mol. The number of carbonyl (C=O) groups is 1. The number of amides is 1. The van der Waals surface area contributed by atoms with Gasteiger partial charge in [0.25, 0.3) is 10.0 Å². The monoisotopic (exact) mass is 474 g/mol. The van der Waals surface area contributed by atoms with Gasteiger partial charge in [-0.2, -0.15) is 0 Å². The Morgan fingerprint density at radius 3 is 2.56 bits per heavy atom. The standard InChI is InChI=1S/C22H22N2O6S2/c1-15(22(25)23-16-9-10-19-20(14-16)30-12-11-29-19)24(17-6-3-4-7-18(17)28-2)32(26,27)21-8-5-13-31-21/h3-10,13-15H,11-12H2,1-2H3,(H,23,25)/t15-/m0/s1. The lowest BCUT2D eigenvalue weighted by atomic mass is 10.2. The van der Waals surface area contributed by atoms with Crippen molar-refractivity contribution in [3.05, 3.63) is 60.0 Å². The minimum atomic E-state index is -4.03. The Kier molecular flexibility index (Phi) is 6.24. The zero-order chi connectivity index (χ0) is 22.7. The number of rotatable bonds is 7. The number of carbonyl (C=O) groups excluding carboxylic acids is 1. The molecule has 1 aliphatic rings. The third-order valence-electron chi connectivity index (χ3n) is 4.87. The van der Waals surface area contributed by atoms with Crippen LogP contribution in [0.15, 0.2) is 64.2 Å². The maximum Gasteiger partial charge on any atom is 0.274 e. The molecule has 1 atom stereocenters. The predicted octanol–water partition coefficient (Wildman–Crippen LogP) is 3.75. The van der Waals surface area contributed by atoms with E-state index >= 15 is 0 Å². The number of benzene rings is 2. The summed E-state index contributed by atoms with van der Waals surface area (Å²) in [6, 6.07) is 13.8. The average Bonchev–Trinajstić information content (AvgIpc) is 3.35. The summed E-state index contributed by atoms with van der Waals surface area (Å²) < 4.78 is 44.7. The highest BCUT2D eigenvalue weighted by atomic mass is 32.2. The molecule has 0 saturated heterocycles. The van der Waals surface area contributed by atoms with Gasteiger partial charge in [-0.05, 0) is 42.6 Å². The van der Waals surface area contributed by atoms with Crippen LogP contribution >= 0.6 is 11.3 Å². The Balaban J connectivity index is 1.68. The largest absolute Gasteiger partial charge is 0.495 e. The van der Waals surface area contributed by atoms with Crippen LogP contribution in [0.2, 0.25) is 0 Å². The van der Waals surface area contributed by atoms with E-state index in [1.165, 1.54) is 20.1 Å². The quantitative estimate of drug-likeness (QED) is 0.561. The van der Waals surface area contributed by atoms with Crippen LogP contribution in [0.5, 0.6) is 17.2 Å². The molecule has 0 fully saturated rings. The summed E-state index contributed by atoms with van der Waals surface area (Å²) in [5.74, 6) is 0.951. The fourth-order valence-electron chi connectivity index (χ4n) is 3.34. The summed E-state index contributed by atoms with van der Waals surface area (Å²) in [6.07, 6.45) is 0. The first-order valence-electron chi connectivity index (χ1n) is 9.83. The van der Waals surface area contributed by atoms with Crippen molar-refractivity contribution in [1.82, 2.24) is 0 Å². The molecule has 0 spiro atoms. The zero-order valence-corrected chi connectivity index (χ0v) is 19.1. The van der Waals surface area contributed by atoms with E-state index < -0.39 is 22.0 Å². The number of hydrogen-bond donors (Lipinski definition) is 1. The van der Waals surface area contributed by atoms with E-state index in [2.05, 4.69) is 5.32 Å². The molecule has 0 unspecified atom stereocenters. The van der Waals surface area contributed by atoms with Gasteiger partial charge in [0.15, 0.2) is 11.5 Å². The number of para-hydroxylation sites is 2. The first-order chi connectivity index (χ1) is 15.4. The lowest BCUT2D eigenvalue weighted by Crippen LogP contribution is -2.45. The van der Waals surface area contributed by atoms with E-state index in [0.29, 0.717) is 36.1 Å². The molecule has 0 aliphatic carbocycles. The lowest BCUT2D eigenvalue weighted by molar-refractivity contribution is -0.116. The molecule has 0 bridgehead atoms. The molecule has 1 N–H and O–H groups in total. The van der Waals surface area contributed by atoms with Crippen LogP contribution in [0, 0.1) is 0 Å². The molecular weight excluding hydrogens is 452 g/mol. The van der Waals surface area contributed by atoms with Crippen molar-refractivity contribution in [3.63, 3.8) is 0 Å². The third-order valence-corrected chi connectivity index (χ3v) is 8.13. The summed E-state index contributed by atoms with van der Waals surface area (Å²) in [4.78, 5) is 13.2. The van der Waals surface area contributed by atoms with Gasteiger partial charge in [0.05, 0.1) is 12.8 Å². The Bertz CT molecular complexity index is 1210. The first-order valence-corrected chi connectivity index (χ1v) is 12.2. The second kappa shape index (κ2) is 9.09. The molecule has 0 radical (unpaired) electrons. The van der Waals surface area contributed by atoms with Crippen molar-refractivity contribution in [2.24, 2.45) is 0 Å². The second-order valence-corrected chi connectivity index (χ2v) is 9.92. The number of ether oxygens (including phenoxy) is 3. The highest BCUT2D eigenvalue weighted by molar-refractivity contribution is 7.94. The SMILES string of the molecule is COc1ccccc1N([C@@H](C)C(=O)Nc1ccc2c(c1)OCCO2)S(=O)(=O)c1cccs1. The molecule has 168 valence electrons. The smallest absolute Gasteiger partial charge is 0.274 e. The Morgan fingerprint density at radius 2 is 1.84 bits per heavy atom. The van der Waals surface area contributed by atoms with E-state index in [-0.39, 0.29) is 9.90 Å². The van der Waals surface area contributed by atoms with E-state index in [1.54, 1.807) is 53.9 Å². The van der Waals surface area contributed by atoms with Crippen molar-refractivity contribution in [3.8, 4) is 17.2 Å². The number of nitrogens with one attached hydrogen (secondary N) is 1. The van der Waals surface area contributed by atoms with Crippen LogP contribution in [-0.2, 0) is 14.8 Å². The van der Waals surface area contributed by atoms with Crippen LogP contribution < -0.4 is 23.8 Å². The van der Waals surface area contributed by atoms with E-state index in [0.717, 1.165) is 15.6 Å². The Morgan fingerprint density at radius 1 is 1.09 bits per heavy atom. The van der Waals surface area contributed by atoms with Gasteiger partial charge in [0, 0.05) is 11.8 Å². The minimum Gasteiger partial charge on any atom is -0.495 e. The van der Waals surface area contributed by atoms with Gasteiger partial charge in [-0.25, -0.2) is 12.7 Å². The third kappa shape index (κ3) is 4.23. The summed E-state index contributed by atoms with van der Waals surface area (Å²) in [6.45, 7) is 2.41. The number of anilines is 2. The lowest BCUT2D eigenvalue weighted by Gasteiger charge is -2.30. The molecule has 3 aromatic rings.